The van der Waals surface area contributed by atoms with Gasteiger partial charge in [-0.3, -0.25) is 9.59 Å². The quantitative estimate of drug-likeness (QED) is 0.229. The molecule has 2 rings (SSSR count). The molecule has 0 heterocycles. The lowest BCUT2D eigenvalue weighted by Gasteiger charge is -2.20. The number of ether oxygens (including phenoxy) is 3. The molecule has 2 aromatic rings. The average Bonchev–Trinajstić information content (AvgIpc) is 2.82. The van der Waals surface area contributed by atoms with E-state index in [1.165, 1.54) is 30.5 Å². The number of hydrogen-bond acceptors (Lipinski definition) is 7. The van der Waals surface area contributed by atoms with Crippen molar-refractivity contribution in [3.8, 4) is 11.5 Å². The molecule has 0 spiro atoms. The molecule has 9 nitrogen and oxygen atoms in total. The number of amides is 2. The zero-order chi connectivity index (χ0) is 26.7. The van der Waals surface area contributed by atoms with Crippen LogP contribution in [-0.4, -0.2) is 49.9 Å². The lowest BCUT2D eigenvalue weighted by atomic mass is 10.0. The van der Waals surface area contributed by atoms with Gasteiger partial charge in [-0.2, -0.15) is 5.10 Å². The third-order valence-electron chi connectivity index (χ3n) is 4.71. The summed E-state index contributed by atoms with van der Waals surface area (Å²) < 4.78 is 30.4. The minimum atomic E-state index is -0.946. The largest absolute Gasteiger partial charge is 0.490 e. The van der Waals surface area contributed by atoms with Gasteiger partial charge in [-0.25, -0.2) is 14.6 Å². The van der Waals surface area contributed by atoms with E-state index in [-0.39, 0.29) is 24.7 Å². The van der Waals surface area contributed by atoms with Gasteiger partial charge in [0.1, 0.15) is 11.9 Å². The molecule has 0 aliphatic rings. The molecular formula is C25H29BrFN3O6. The molecule has 0 aliphatic heterocycles. The van der Waals surface area contributed by atoms with Gasteiger partial charge < -0.3 is 19.5 Å². The molecule has 0 aromatic heterocycles. The number of hydrogen-bond donors (Lipinski definition) is 2. The summed E-state index contributed by atoms with van der Waals surface area (Å²) >= 11 is 3.39. The number of carbonyl (C=O) groups excluding carboxylic acids is 3. The number of nitrogens with zero attached hydrogens (tertiary/aromatic N) is 1. The fourth-order valence-electron chi connectivity index (χ4n) is 3.04. The summed E-state index contributed by atoms with van der Waals surface area (Å²) in [4.78, 5) is 36.8. The van der Waals surface area contributed by atoms with E-state index >= 15 is 0 Å². The lowest BCUT2D eigenvalue weighted by Crippen LogP contribution is -2.48. The van der Waals surface area contributed by atoms with E-state index in [1.54, 1.807) is 39.8 Å². The Balaban J connectivity index is 2.11. The maximum atomic E-state index is 13.9. The first-order chi connectivity index (χ1) is 17.2. The molecule has 2 N–H and O–H groups in total. The Kier molecular flexibility index (Phi) is 11.3. The van der Waals surface area contributed by atoms with Gasteiger partial charge in [0.05, 0.1) is 29.5 Å². The van der Waals surface area contributed by atoms with Gasteiger partial charge in [0.15, 0.2) is 18.1 Å². The molecular weight excluding hydrogens is 537 g/mol. The number of nitrogens with one attached hydrogen (secondary N) is 2. The van der Waals surface area contributed by atoms with Gasteiger partial charge in [0.2, 0.25) is 0 Å². The van der Waals surface area contributed by atoms with Crippen molar-refractivity contribution in [3.63, 3.8) is 0 Å². The maximum Gasteiger partial charge on any atom is 0.344 e. The third kappa shape index (κ3) is 8.33. The van der Waals surface area contributed by atoms with E-state index in [0.717, 1.165) is 0 Å². The van der Waals surface area contributed by atoms with Gasteiger partial charge in [-0.1, -0.05) is 26.0 Å². The van der Waals surface area contributed by atoms with Gasteiger partial charge in [-0.15, -0.1) is 0 Å². The predicted octanol–water partition coefficient (Wildman–Crippen LogP) is 3.83. The van der Waals surface area contributed by atoms with Gasteiger partial charge in [0, 0.05) is 0 Å². The van der Waals surface area contributed by atoms with Crippen molar-refractivity contribution >= 4 is 39.9 Å². The van der Waals surface area contributed by atoms with Crippen molar-refractivity contribution in [2.75, 3.05) is 19.8 Å². The van der Waals surface area contributed by atoms with Crippen LogP contribution >= 0.6 is 15.9 Å². The molecule has 0 fully saturated rings. The van der Waals surface area contributed by atoms with Crippen LogP contribution in [0.4, 0.5) is 4.39 Å². The summed E-state index contributed by atoms with van der Waals surface area (Å²) in [5.41, 5.74) is 2.80. The monoisotopic (exact) mass is 565 g/mol. The van der Waals surface area contributed by atoms with E-state index in [9.17, 15) is 18.8 Å². The average molecular weight is 566 g/mol. The second-order valence-corrected chi connectivity index (χ2v) is 8.62. The minimum absolute atomic E-state index is 0.155. The summed E-state index contributed by atoms with van der Waals surface area (Å²) in [6.45, 7) is 7.29. The zero-order valence-electron chi connectivity index (χ0n) is 20.5. The summed E-state index contributed by atoms with van der Waals surface area (Å²) in [5.74, 6) is -2.06. The van der Waals surface area contributed by atoms with Crippen molar-refractivity contribution in [1.29, 1.82) is 0 Å². The summed E-state index contributed by atoms with van der Waals surface area (Å²) in [6.07, 6.45) is 1.39. The number of rotatable bonds is 12. The van der Waals surface area contributed by atoms with Gasteiger partial charge >= 0.3 is 5.97 Å². The number of benzene rings is 2. The van der Waals surface area contributed by atoms with Crippen LogP contribution in [0.25, 0.3) is 0 Å². The molecule has 1 unspecified atom stereocenters. The van der Waals surface area contributed by atoms with E-state index in [4.69, 9.17) is 14.2 Å². The molecule has 194 valence electrons. The topological polar surface area (TPSA) is 115 Å². The van der Waals surface area contributed by atoms with E-state index < -0.39 is 29.6 Å². The molecule has 36 heavy (non-hydrogen) atoms. The van der Waals surface area contributed by atoms with Crippen LogP contribution in [0.5, 0.6) is 11.5 Å². The van der Waals surface area contributed by atoms with Crippen molar-refractivity contribution in [1.82, 2.24) is 10.7 Å². The molecule has 0 bridgehead atoms. The number of halogens is 2. The molecule has 2 amide bonds. The first-order valence-electron chi connectivity index (χ1n) is 11.3. The zero-order valence-corrected chi connectivity index (χ0v) is 22.1. The second kappa shape index (κ2) is 14.2. The SMILES string of the molecule is CCOC(=O)COc1c(Br)cc(C=NNC(=O)C(NC(=O)c2ccccc2F)C(C)C)cc1OCC. The number of carbonyl (C=O) groups is 3. The Morgan fingerprint density at radius 2 is 1.83 bits per heavy atom. The Morgan fingerprint density at radius 3 is 2.47 bits per heavy atom. The Bertz CT molecular complexity index is 1110. The van der Waals surface area contributed by atoms with Crippen LogP contribution in [0.2, 0.25) is 0 Å². The Labute approximate surface area is 217 Å². The van der Waals surface area contributed by atoms with E-state index in [1.807, 2.05) is 0 Å². The van der Waals surface area contributed by atoms with Crippen LogP contribution in [0, 0.1) is 11.7 Å². The van der Waals surface area contributed by atoms with Crippen LogP contribution in [0.3, 0.4) is 0 Å². The standard InChI is InChI=1S/C25H29BrFN3O6/c1-5-34-20-12-16(11-18(26)23(20)36-14-21(31)35-6-2)13-28-30-25(33)22(15(3)4)29-24(32)17-9-7-8-10-19(17)27/h7-13,15,22H,5-6,14H2,1-4H3,(H,29,32)(H,30,33). The highest BCUT2D eigenvalue weighted by atomic mass is 79.9. The summed E-state index contributed by atoms with van der Waals surface area (Å²) in [5, 5.41) is 6.52. The van der Waals surface area contributed by atoms with Crippen molar-refractivity contribution < 1.29 is 33.0 Å². The van der Waals surface area contributed by atoms with Crippen LogP contribution in [0.1, 0.15) is 43.6 Å². The van der Waals surface area contributed by atoms with Gasteiger partial charge in [-0.05, 0) is 65.5 Å². The normalized spacial score (nSPS) is 11.8. The van der Waals surface area contributed by atoms with Crippen molar-refractivity contribution in [2.24, 2.45) is 11.0 Å². The second-order valence-electron chi connectivity index (χ2n) is 7.77. The smallest absolute Gasteiger partial charge is 0.344 e. The number of esters is 1. The van der Waals surface area contributed by atoms with Crippen LogP contribution in [0.15, 0.2) is 46.0 Å². The van der Waals surface area contributed by atoms with E-state index in [0.29, 0.717) is 28.1 Å². The highest BCUT2D eigenvalue weighted by Gasteiger charge is 2.25. The van der Waals surface area contributed by atoms with Crippen LogP contribution < -0.4 is 20.2 Å². The third-order valence-corrected chi connectivity index (χ3v) is 5.30. The minimum Gasteiger partial charge on any atom is -0.490 e. The number of hydrazone groups is 1. The first-order valence-corrected chi connectivity index (χ1v) is 12.1. The molecule has 1 atom stereocenters. The molecule has 0 saturated carbocycles. The summed E-state index contributed by atoms with van der Waals surface area (Å²) in [7, 11) is 0. The maximum absolute atomic E-state index is 13.9. The molecule has 0 aliphatic carbocycles. The predicted molar refractivity (Wildman–Crippen MR) is 136 cm³/mol. The van der Waals surface area contributed by atoms with E-state index in [2.05, 4.69) is 31.8 Å². The Morgan fingerprint density at radius 1 is 1.11 bits per heavy atom. The molecule has 11 heteroatoms. The Hall–Kier alpha value is -3.47. The first kappa shape index (κ1) is 28.8. The summed E-state index contributed by atoms with van der Waals surface area (Å²) in [6, 6.07) is 7.87. The fraction of sp³-hybridized carbons (Fsp3) is 0.360. The van der Waals surface area contributed by atoms with Crippen molar-refractivity contribution in [3.05, 3.63) is 57.8 Å². The molecule has 0 radical (unpaired) electrons. The molecule has 0 saturated heterocycles. The van der Waals surface area contributed by atoms with Crippen molar-refractivity contribution in [2.45, 2.75) is 33.7 Å². The van der Waals surface area contributed by atoms with Gasteiger partial charge in [0.25, 0.3) is 11.8 Å². The molecule has 2 aromatic carbocycles. The van der Waals surface area contributed by atoms with Crippen LogP contribution in [-0.2, 0) is 14.3 Å². The highest BCUT2D eigenvalue weighted by Crippen LogP contribution is 2.36. The highest BCUT2D eigenvalue weighted by molar-refractivity contribution is 9.10. The lowest BCUT2D eigenvalue weighted by molar-refractivity contribution is -0.145. The fourth-order valence-corrected chi connectivity index (χ4v) is 3.61.